The number of carbonyl (C=O) groups is 1. The summed E-state index contributed by atoms with van der Waals surface area (Å²) in [4.78, 5) is 11.4. The summed E-state index contributed by atoms with van der Waals surface area (Å²) in [5.41, 5.74) is 0.481. The van der Waals surface area contributed by atoms with Crippen LogP contribution in [0, 0.1) is 0 Å². The van der Waals surface area contributed by atoms with E-state index in [0.717, 1.165) is 0 Å². The van der Waals surface area contributed by atoms with Crippen LogP contribution in [0.3, 0.4) is 0 Å². The van der Waals surface area contributed by atoms with Crippen LogP contribution in [-0.4, -0.2) is 24.5 Å². The molecule has 0 spiro atoms. The molecule has 0 saturated heterocycles. The number of Topliss-reactive ketones (excluding diaryl/α,β-unsaturated/α-hetero) is 1. The predicted molar refractivity (Wildman–Crippen MR) is 55.1 cm³/mol. The summed E-state index contributed by atoms with van der Waals surface area (Å²) in [7, 11) is -4.57. The van der Waals surface area contributed by atoms with Crippen LogP contribution in [0.5, 0.6) is 0 Å². The molecule has 0 unspecified atom stereocenters. The zero-order valence-corrected chi connectivity index (χ0v) is 11.9. The number of benzene rings is 1. The van der Waals surface area contributed by atoms with E-state index in [2.05, 4.69) is 0 Å². The molecule has 0 amide bonds. The van der Waals surface area contributed by atoms with Gasteiger partial charge in [0.1, 0.15) is 21.5 Å². The van der Waals surface area contributed by atoms with Crippen molar-refractivity contribution < 1.29 is 51.7 Å². The van der Waals surface area contributed by atoms with E-state index in [1.807, 2.05) is 0 Å². The standard InChI is InChI=1S/C10H8O5S.Na/c11-8(6-16(12,13)14)10-5-7-3-1-2-4-9(7)15-10;/h1-5H,6H2,(H,12,13,14);/q;+1/p-1. The summed E-state index contributed by atoms with van der Waals surface area (Å²) in [6, 6.07) is 8.28. The molecule has 5 nitrogen and oxygen atoms in total. The third-order valence-corrected chi connectivity index (χ3v) is 2.62. The van der Waals surface area contributed by atoms with E-state index in [4.69, 9.17) is 4.42 Å². The molecule has 1 aromatic heterocycles. The second kappa shape index (κ2) is 5.32. The predicted octanol–water partition coefficient (Wildman–Crippen LogP) is -1.84. The van der Waals surface area contributed by atoms with Crippen molar-refractivity contribution in [1.82, 2.24) is 0 Å². The van der Waals surface area contributed by atoms with E-state index < -0.39 is 21.7 Å². The molecule has 17 heavy (non-hydrogen) atoms. The molecule has 0 bridgehead atoms. The molecule has 2 aromatic rings. The maximum absolute atomic E-state index is 11.4. The van der Waals surface area contributed by atoms with Crippen LogP contribution in [0.25, 0.3) is 11.0 Å². The molecule has 0 N–H and O–H groups in total. The molecule has 0 saturated carbocycles. The van der Waals surface area contributed by atoms with Gasteiger partial charge in [-0.15, -0.1) is 0 Å². The first kappa shape index (κ1) is 14.4. The third kappa shape index (κ3) is 3.65. The largest absolute Gasteiger partial charge is 1.00 e. The summed E-state index contributed by atoms with van der Waals surface area (Å²) in [5, 5.41) is 0.689. The van der Waals surface area contributed by atoms with Crippen molar-refractivity contribution in [2.75, 3.05) is 5.75 Å². The summed E-state index contributed by atoms with van der Waals surface area (Å²) in [6.07, 6.45) is 0. The molecule has 1 aromatic carbocycles. The van der Waals surface area contributed by atoms with Crippen LogP contribution in [0.15, 0.2) is 34.7 Å². The number of ketones is 1. The number of rotatable bonds is 3. The van der Waals surface area contributed by atoms with Gasteiger partial charge in [0.2, 0.25) is 5.78 Å². The summed E-state index contributed by atoms with van der Waals surface area (Å²) >= 11 is 0. The summed E-state index contributed by atoms with van der Waals surface area (Å²) in [6.45, 7) is 0. The molecule has 2 rings (SSSR count). The Kier molecular flexibility index (Phi) is 4.51. The number of fused-ring (bicyclic) bond motifs is 1. The molecule has 1 heterocycles. The number of hydrogen-bond donors (Lipinski definition) is 0. The van der Waals surface area contributed by atoms with Gasteiger partial charge in [-0.1, -0.05) is 18.2 Å². The minimum absolute atomic E-state index is 0. The van der Waals surface area contributed by atoms with Crippen LogP contribution in [0.4, 0.5) is 0 Å². The van der Waals surface area contributed by atoms with Crippen molar-refractivity contribution >= 4 is 26.9 Å². The van der Waals surface area contributed by atoms with Gasteiger partial charge in [0, 0.05) is 5.39 Å². The van der Waals surface area contributed by atoms with E-state index >= 15 is 0 Å². The van der Waals surface area contributed by atoms with Gasteiger partial charge in [-0.3, -0.25) is 4.79 Å². The molecule has 0 fully saturated rings. The molecule has 7 heteroatoms. The number of carbonyl (C=O) groups excluding carboxylic acids is 1. The Labute approximate surface area is 120 Å². The van der Waals surface area contributed by atoms with Crippen LogP contribution in [0.1, 0.15) is 10.6 Å². The van der Waals surface area contributed by atoms with E-state index in [9.17, 15) is 17.8 Å². The van der Waals surface area contributed by atoms with Crippen molar-refractivity contribution in [2.45, 2.75) is 0 Å². The fourth-order valence-electron chi connectivity index (χ4n) is 1.35. The van der Waals surface area contributed by atoms with Gasteiger partial charge >= 0.3 is 29.6 Å². The van der Waals surface area contributed by atoms with E-state index in [0.29, 0.717) is 11.0 Å². The van der Waals surface area contributed by atoms with Crippen molar-refractivity contribution in [3.63, 3.8) is 0 Å². The topological polar surface area (TPSA) is 87.4 Å². The Morgan fingerprint density at radius 2 is 1.94 bits per heavy atom. The Morgan fingerprint density at radius 3 is 2.53 bits per heavy atom. The van der Waals surface area contributed by atoms with Crippen LogP contribution >= 0.6 is 0 Å². The molecule has 0 radical (unpaired) electrons. The van der Waals surface area contributed by atoms with E-state index in [-0.39, 0.29) is 35.3 Å². The molecule has 84 valence electrons. The second-order valence-electron chi connectivity index (χ2n) is 3.27. The van der Waals surface area contributed by atoms with Crippen LogP contribution in [-0.2, 0) is 10.1 Å². The van der Waals surface area contributed by atoms with Gasteiger partial charge in [-0.25, -0.2) is 8.42 Å². The van der Waals surface area contributed by atoms with E-state index in [1.165, 1.54) is 6.07 Å². The monoisotopic (exact) mass is 262 g/mol. The first-order valence-electron chi connectivity index (χ1n) is 4.41. The normalized spacial score (nSPS) is 11.1. The maximum atomic E-state index is 11.4. The van der Waals surface area contributed by atoms with Crippen molar-refractivity contribution in [3.8, 4) is 0 Å². The minimum atomic E-state index is -4.57. The zero-order chi connectivity index (χ0) is 11.8. The molecule has 0 atom stereocenters. The van der Waals surface area contributed by atoms with Crippen LogP contribution in [0.2, 0.25) is 0 Å². The molecular weight excluding hydrogens is 255 g/mol. The van der Waals surface area contributed by atoms with Crippen molar-refractivity contribution in [1.29, 1.82) is 0 Å². The van der Waals surface area contributed by atoms with Crippen LogP contribution < -0.4 is 29.6 Å². The van der Waals surface area contributed by atoms with Gasteiger partial charge in [0.15, 0.2) is 5.76 Å². The summed E-state index contributed by atoms with van der Waals surface area (Å²) < 4.78 is 36.4. The number of hydrogen-bond acceptors (Lipinski definition) is 5. The molecule has 0 aliphatic rings. The fraction of sp³-hybridized carbons (Fsp3) is 0.100. The van der Waals surface area contributed by atoms with Gasteiger partial charge < -0.3 is 8.97 Å². The van der Waals surface area contributed by atoms with Gasteiger partial charge in [0.25, 0.3) is 0 Å². The second-order valence-corrected chi connectivity index (χ2v) is 4.68. The minimum Gasteiger partial charge on any atom is -0.748 e. The SMILES string of the molecule is O=C(CS(=O)(=O)[O-])c1cc2ccccc2o1.[Na+]. The Balaban J connectivity index is 0.00000144. The third-order valence-electron chi connectivity index (χ3n) is 2.01. The average molecular weight is 262 g/mol. The maximum Gasteiger partial charge on any atom is 1.00 e. The Morgan fingerprint density at radius 1 is 1.29 bits per heavy atom. The Hall–Kier alpha value is -0.660. The van der Waals surface area contributed by atoms with Gasteiger partial charge in [-0.2, -0.15) is 0 Å². The molecule has 0 aliphatic carbocycles. The number of para-hydroxylation sites is 1. The first-order chi connectivity index (χ1) is 7.46. The quantitative estimate of drug-likeness (QED) is 0.369. The average Bonchev–Trinajstić information content (AvgIpc) is 2.58. The zero-order valence-electron chi connectivity index (χ0n) is 9.04. The molecular formula is C10H7NaO5S. The number of furan rings is 1. The van der Waals surface area contributed by atoms with Gasteiger partial charge in [0.05, 0.1) is 0 Å². The first-order valence-corrected chi connectivity index (χ1v) is 5.99. The van der Waals surface area contributed by atoms with E-state index in [1.54, 1.807) is 24.3 Å². The fourth-order valence-corrected chi connectivity index (χ4v) is 1.81. The summed E-state index contributed by atoms with van der Waals surface area (Å²) in [5.74, 6) is -2.01. The Bertz CT molecular complexity index is 611. The van der Waals surface area contributed by atoms with Gasteiger partial charge in [-0.05, 0) is 12.1 Å². The van der Waals surface area contributed by atoms with Crippen molar-refractivity contribution in [2.24, 2.45) is 0 Å². The van der Waals surface area contributed by atoms with Crippen molar-refractivity contribution in [3.05, 3.63) is 36.1 Å². The molecule has 0 aliphatic heterocycles. The smallest absolute Gasteiger partial charge is 0.748 e.